The van der Waals surface area contributed by atoms with E-state index >= 15 is 0 Å². The maximum absolute atomic E-state index is 6.11. The van der Waals surface area contributed by atoms with E-state index < -0.39 is 0 Å². The van der Waals surface area contributed by atoms with Crippen molar-refractivity contribution >= 4 is 29.1 Å². The maximum Gasteiger partial charge on any atom is 0.224 e. The Hall–Kier alpha value is -2.59. The van der Waals surface area contributed by atoms with Gasteiger partial charge in [-0.05, 0) is 37.1 Å². The van der Waals surface area contributed by atoms with Crippen molar-refractivity contribution in [3.05, 3.63) is 64.7 Å². The van der Waals surface area contributed by atoms with Gasteiger partial charge in [0, 0.05) is 29.4 Å². The molecule has 0 atom stereocenters. The molecule has 24 heavy (non-hydrogen) atoms. The molecule has 0 aliphatic carbocycles. The highest BCUT2D eigenvalue weighted by molar-refractivity contribution is 6.30. The first kappa shape index (κ1) is 16.3. The Balaban J connectivity index is 2.03. The van der Waals surface area contributed by atoms with E-state index in [-0.39, 0.29) is 0 Å². The van der Waals surface area contributed by atoms with E-state index in [1.54, 1.807) is 0 Å². The number of nitrogens with one attached hydrogen (secondary N) is 2. The van der Waals surface area contributed by atoms with E-state index in [1.165, 1.54) is 0 Å². The smallest absolute Gasteiger partial charge is 0.224 e. The highest BCUT2D eigenvalue weighted by atomic mass is 35.5. The topological polar surface area (TPSA) is 49.8 Å². The van der Waals surface area contributed by atoms with E-state index in [0.717, 1.165) is 38.9 Å². The fourth-order valence-electron chi connectivity index (χ4n) is 2.62. The molecule has 122 valence electrons. The van der Waals surface area contributed by atoms with Crippen LogP contribution in [0.4, 0.5) is 17.5 Å². The van der Waals surface area contributed by atoms with Crippen molar-refractivity contribution in [3.8, 4) is 11.3 Å². The van der Waals surface area contributed by atoms with Crippen molar-refractivity contribution in [2.75, 3.05) is 17.7 Å². The molecule has 2 N–H and O–H groups in total. The minimum atomic E-state index is 0.572. The lowest BCUT2D eigenvalue weighted by atomic mass is 10.1. The molecule has 3 rings (SSSR count). The zero-order valence-electron chi connectivity index (χ0n) is 13.9. The Morgan fingerprint density at radius 3 is 2.21 bits per heavy atom. The van der Waals surface area contributed by atoms with Gasteiger partial charge in [0.25, 0.3) is 0 Å². The largest absolute Gasteiger partial charge is 0.357 e. The van der Waals surface area contributed by atoms with Crippen LogP contribution in [0.2, 0.25) is 5.02 Å². The standard InChI is InChI=1S/C19H19ClN4/c1-12-9-15(20)10-13(2)18(12)23-17-11-16(22-19(21-3)24-17)14-7-5-4-6-8-14/h4-11H,1-3H3,(H2,21,22,23,24). The van der Waals surface area contributed by atoms with E-state index in [9.17, 15) is 0 Å². The van der Waals surface area contributed by atoms with E-state index in [0.29, 0.717) is 5.95 Å². The average molecular weight is 339 g/mol. The molecule has 5 heteroatoms. The van der Waals surface area contributed by atoms with Gasteiger partial charge in [0.2, 0.25) is 5.95 Å². The van der Waals surface area contributed by atoms with Crippen molar-refractivity contribution in [1.29, 1.82) is 0 Å². The summed E-state index contributed by atoms with van der Waals surface area (Å²) in [7, 11) is 1.81. The molecule has 0 amide bonds. The first-order valence-electron chi connectivity index (χ1n) is 7.73. The van der Waals surface area contributed by atoms with Gasteiger partial charge in [-0.25, -0.2) is 4.98 Å². The highest BCUT2D eigenvalue weighted by Gasteiger charge is 2.09. The summed E-state index contributed by atoms with van der Waals surface area (Å²) >= 11 is 6.11. The Morgan fingerprint density at radius 1 is 0.917 bits per heavy atom. The van der Waals surface area contributed by atoms with Crippen LogP contribution in [0.3, 0.4) is 0 Å². The number of halogens is 1. The summed E-state index contributed by atoms with van der Waals surface area (Å²) in [6.07, 6.45) is 0. The Labute approximate surface area is 146 Å². The van der Waals surface area contributed by atoms with E-state index in [2.05, 4.69) is 20.6 Å². The molecule has 0 aliphatic heterocycles. The summed E-state index contributed by atoms with van der Waals surface area (Å²) in [5.41, 5.74) is 5.07. The summed E-state index contributed by atoms with van der Waals surface area (Å²) in [4.78, 5) is 9.05. The number of aromatic nitrogens is 2. The normalized spacial score (nSPS) is 10.5. The van der Waals surface area contributed by atoms with Gasteiger partial charge in [0.15, 0.2) is 0 Å². The van der Waals surface area contributed by atoms with Gasteiger partial charge in [-0.2, -0.15) is 4.98 Å². The Bertz CT molecular complexity index is 839. The Morgan fingerprint density at radius 2 is 1.58 bits per heavy atom. The molecule has 0 spiro atoms. The van der Waals surface area contributed by atoms with Gasteiger partial charge in [0.1, 0.15) is 5.82 Å². The number of anilines is 3. The summed E-state index contributed by atoms with van der Waals surface area (Å²) < 4.78 is 0. The van der Waals surface area contributed by atoms with Crippen LogP contribution in [-0.2, 0) is 0 Å². The van der Waals surface area contributed by atoms with Gasteiger partial charge in [0.05, 0.1) is 5.69 Å². The third-order valence-corrected chi connectivity index (χ3v) is 3.99. The summed E-state index contributed by atoms with van der Waals surface area (Å²) in [6, 6.07) is 15.9. The number of hydrogen-bond donors (Lipinski definition) is 2. The fourth-order valence-corrected chi connectivity index (χ4v) is 2.94. The van der Waals surface area contributed by atoms with Crippen molar-refractivity contribution < 1.29 is 0 Å². The number of rotatable bonds is 4. The first-order chi connectivity index (χ1) is 11.6. The van der Waals surface area contributed by atoms with Gasteiger partial charge in [-0.3, -0.25) is 0 Å². The van der Waals surface area contributed by atoms with Crippen LogP contribution >= 0.6 is 11.6 Å². The van der Waals surface area contributed by atoms with Gasteiger partial charge in [-0.15, -0.1) is 0 Å². The zero-order valence-corrected chi connectivity index (χ0v) is 14.6. The summed E-state index contributed by atoms with van der Waals surface area (Å²) in [5.74, 6) is 1.31. The third kappa shape index (κ3) is 3.49. The van der Waals surface area contributed by atoms with Crippen molar-refractivity contribution in [1.82, 2.24) is 9.97 Å². The second-order valence-corrected chi connectivity index (χ2v) is 6.05. The number of aryl methyl sites for hydroxylation is 2. The molecule has 0 fully saturated rings. The van der Waals surface area contributed by atoms with Crippen molar-refractivity contribution in [3.63, 3.8) is 0 Å². The molecular formula is C19H19ClN4. The third-order valence-electron chi connectivity index (χ3n) is 3.77. The molecule has 1 heterocycles. The van der Waals surface area contributed by atoms with Crippen LogP contribution in [0.5, 0.6) is 0 Å². The molecular weight excluding hydrogens is 320 g/mol. The van der Waals surface area contributed by atoms with Crippen LogP contribution < -0.4 is 10.6 Å². The van der Waals surface area contributed by atoms with Crippen LogP contribution in [0.15, 0.2) is 48.5 Å². The second-order valence-electron chi connectivity index (χ2n) is 5.62. The average Bonchev–Trinajstić information content (AvgIpc) is 2.58. The zero-order chi connectivity index (χ0) is 17.1. The minimum absolute atomic E-state index is 0.572. The SMILES string of the molecule is CNc1nc(Nc2c(C)cc(Cl)cc2C)cc(-c2ccccc2)n1. The molecule has 3 aromatic rings. The fraction of sp³-hybridized carbons (Fsp3) is 0.158. The lowest BCUT2D eigenvalue weighted by Crippen LogP contribution is -2.03. The van der Waals surface area contributed by atoms with E-state index in [4.69, 9.17) is 11.6 Å². The molecule has 0 bridgehead atoms. The molecule has 1 aromatic heterocycles. The van der Waals surface area contributed by atoms with Gasteiger partial charge < -0.3 is 10.6 Å². The van der Waals surface area contributed by atoms with Crippen LogP contribution in [0.25, 0.3) is 11.3 Å². The van der Waals surface area contributed by atoms with Gasteiger partial charge in [-0.1, -0.05) is 41.9 Å². The molecule has 4 nitrogen and oxygen atoms in total. The lowest BCUT2D eigenvalue weighted by Gasteiger charge is -2.14. The van der Waals surface area contributed by atoms with E-state index in [1.807, 2.05) is 69.4 Å². The van der Waals surface area contributed by atoms with Crippen LogP contribution in [0, 0.1) is 13.8 Å². The molecule has 0 saturated carbocycles. The highest BCUT2D eigenvalue weighted by Crippen LogP contribution is 2.29. The number of hydrogen-bond acceptors (Lipinski definition) is 4. The summed E-state index contributed by atoms with van der Waals surface area (Å²) in [5, 5.41) is 7.16. The molecule has 0 saturated heterocycles. The van der Waals surface area contributed by atoms with Crippen LogP contribution in [0.1, 0.15) is 11.1 Å². The predicted molar refractivity (Wildman–Crippen MR) is 101 cm³/mol. The minimum Gasteiger partial charge on any atom is -0.357 e. The number of benzene rings is 2. The molecule has 2 aromatic carbocycles. The predicted octanol–water partition coefficient (Wildman–Crippen LogP) is 5.20. The van der Waals surface area contributed by atoms with Crippen molar-refractivity contribution in [2.24, 2.45) is 0 Å². The summed E-state index contributed by atoms with van der Waals surface area (Å²) in [6.45, 7) is 4.05. The Kier molecular flexibility index (Phi) is 4.67. The molecule has 0 aliphatic rings. The molecule has 0 radical (unpaired) electrons. The van der Waals surface area contributed by atoms with Crippen molar-refractivity contribution in [2.45, 2.75) is 13.8 Å². The van der Waals surface area contributed by atoms with Crippen LogP contribution in [-0.4, -0.2) is 17.0 Å². The molecule has 0 unspecified atom stereocenters. The lowest BCUT2D eigenvalue weighted by molar-refractivity contribution is 1.15. The first-order valence-corrected chi connectivity index (χ1v) is 8.10. The second kappa shape index (κ2) is 6.89. The maximum atomic E-state index is 6.11. The quantitative estimate of drug-likeness (QED) is 0.686. The number of nitrogens with zero attached hydrogens (tertiary/aromatic N) is 2. The monoisotopic (exact) mass is 338 g/mol. The van der Waals surface area contributed by atoms with Gasteiger partial charge >= 0.3 is 0 Å².